The summed E-state index contributed by atoms with van der Waals surface area (Å²) in [5, 5.41) is 3.79. The number of nitrogens with zero attached hydrogens (tertiary/aromatic N) is 3. The van der Waals surface area contributed by atoms with Gasteiger partial charge in [-0.05, 0) is 13.0 Å². The molecule has 0 saturated carbocycles. The molecule has 0 atom stereocenters. The van der Waals surface area contributed by atoms with E-state index in [0.717, 1.165) is 17.4 Å². The highest BCUT2D eigenvalue weighted by Gasteiger charge is 2.35. The Balaban J connectivity index is 2.32. The lowest BCUT2D eigenvalue weighted by Crippen LogP contribution is -2.17. The molecule has 1 amide bonds. The maximum atomic E-state index is 13.4. The standard InChI is InChI=1S/C14H11F3N4OS/c1-7-4-21(6-19-7)10-3-9(14(15,16)17)12-11(20-10)8(5-23-12)13(22)18-2/h3-6H,1-2H3,(H,18,22). The van der Waals surface area contributed by atoms with Gasteiger partial charge in [0, 0.05) is 18.6 Å². The number of pyridine rings is 1. The van der Waals surface area contributed by atoms with Crippen molar-refractivity contribution in [3.05, 3.63) is 40.8 Å². The predicted molar refractivity (Wildman–Crippen MR) is 79.9 cm³/mol. The zero-order valence-electron chi connectivity index (χ0n) is 12.1. The molecule has 0 aromatic carbocycles. The van der Waals surface area contributed by atoms with Gasteiger partial charge in [-0.2, -0.15) is 13.2 Å². The number of aromatic nitrogens is 3. The number of halogens is 3. The Morgan fingerprint density at radius 2 is 2.13 bits per heavy atom. The number of rotatable bonds is 2. The van der Waals surface area contributed by atoms with E-state index in [4.69, 9.17) is 0 Å². The summed E-state index contributed by atoms with van der Waals surface area (Å²) in [4.78, 5) is 20.1. The van der Waals surface area contributed by atoms with Gasteiger partial charge in [-0.3, -0.25) is 9.36 Å². The molecule has 0 spiro atoms. The number of imidazole rings is 1. The first-order valence-electron chi connectivity index (χ1n) is 6.53. The molecule has 0 radical (unpaired) electrons. The summed E-state index contributed by atoms with van der Waals surface area (Å²) in [6.07, 6.45) is -1.59. The minimum atomic E-state index is -4.55. The fourth-order valence-electron chi connectivity index (χ4n) is 2.18. The third-order valence-corrected chi connectivity index (χ3v) is 4.27. The van der Waals surface area contributed by atoms with Crippen LogP contribution in [0.4, 0.5) is 13.2 Å². The van der Waals surface area contributed by atoms with E-state index in [1.54, 1.807) is 13.1 Å². The lowest BCUT2D eigenvalue weighted by Gasteiger charge is -2.11. The molecule has 0 unspecified atom stereocenters. The monoisotopic (exact) mass is 340 g/mol. The molecule has 0 aliphatic carbocycles. The molecule has 5 nitrogen and oxygen atoms in total. The highest BCUT2D eigenvalue weighted by atomic mass is 32.1. The number of amides is 1. The van der Waals surface area contributed by atoms with Crippen molar-refractivity contribution in [2.24, 2.45) is 0 Å². The zero-order valence-corrected chi connectivity index (χ0v) is 12.9. The van der Waals surface area contributed by atoms with E-state index in [-0.39, 0.29) is 21.6 Å². The van der Waals surface area contributed by atoms with Gasteiger partial charge in [0.2, 0.25) is 0 Å². The van der Waals surface area contributed by atoms with Crippen molar-refractivity contribution in [1.29, 1.82) is 0 Å². The quantitative estimate of drug-likeness (QED) is 0.779. The molecule has 3 aromatic rings. The third kappa shape index (κ3) is 2.67. The summed E-state index contributed by atoms with van der Waals surface area (Å²) < 4.78 is 41.4. The van der Waals surface area contributed by atoms with Crippen LogP contribution in [0.2, 0.25) is 0 Å². The first kappa shape index (κ1) is 15.5. The first-order valence-corrected chi connectivity index (χ1v) is 7.41. The van der Waals surface area contributed by atoms with Crippen LogP contribution in [0, 0.1) is 6.92 Å². The van der Waals surface area contributed by atoms with Crippen molar-refractivity contribution in [2.75, 3.05) is 7.05 Å². The number of thiophene rings is 1. The molecule has 3 aromatic heterocycles. The van der Waals surface area contributed by atoms with Crippen molar-refractivity contribution in [1.82, 2.24) is 19.9 Å². The minimum absolute atomic E-state index is 0.0329. The molecule has 120 valence electrons. The summed E-state index contributed by atoms with van der Waals surface area (Å²) in [7, 11) is 1.42. The van der Waals surface area contributed by atoms with Gasteiger partial charge in [0.25, 0.3) is 5.91 Å². The van der Waals surface area contributed by atoms with E-state index >= 15 is 0 Å². The summed E-state index contributed by atoms with van der Waals surface area (Å²) in [5.74, 6) is -0.412. The zero-order chi connectivity index (χ0) is 16.8. The Kier molecular flexibility index (Phi) is 3.59. The predicted octanol–water partition coefficient (Wildman–Crippen LogP) is 3.17. The molecule has 1 N–H and O–H groups in total. The number of fused-ring (bicyclic) bond motifs is 1. The van der Waals surface area contributed by atoms with Crippen LogP contribution >= 0.6 is 11.3 Å². The van der Waals surface area contributed by atoms with Crippen LogP contribution in [0.5, 0.6) is 0 Å². The molecular weight excluding hydrogens is 329 g/mol. The molecule has 0 bridgehead atoms. The highest BCUT2D eigenvalue weighted by Crippen LogP contribution is 2.39. The van der Waals surface area contributed by atoms with Crippen LogP contribution in [0.25, 0.3) is 16.0 Å². The van der Waals surface area contributed by atoms with Gasteiger partial charge in [-0.1, -0.05) is 0 Å². The van der Waals surface area contributed by atoms with Crippen LogP contribution in [0.15, 0.2) is 24.0 Å². The van der Waals surface area contributed by atoms with Gasteiger partial charge in [0.1, 0.15) is 12.1 Å². The Hall–Kier alpha value is -2.42. The molecule has 0 aliphatic rings. The average molecular weight is 340 g/mol. The molecule has 0 fully saturated rings. The molecule has 0 aliphatic heterocycles. The van der Waals surface area contributed by atoms with Gasteiger partial charge in [0.05, 0.1) is 27.0 Å². The van der Waals surface area contributed by atoms with E-state index in [9.17, 15) is 18.0 Å². The summed E-state index contributed by atoms with van der Waals surface area (Å²) in [5.41, 5.74) is -0.0106. The van der Waals surface area contributed by atoms with Crippen molar-refractivity contribution >= 4 is 27.5 Å². The number of carbonyl (C=O) groups is 1. The van der Waals surface area contributed by atoms with Gasteiger partial charge in [-0.25, -0.2) is 9.97 Å². The number of hydrogen-bond acceptors (Lipinski definition) is 4. The molecule has 3 heterocycles. The second-order valence-electron chi connectivity index (χ2n) is 4.85. The van der Waals surface area contributed by atoms with E-state index in [2.05, 4.69) is 15.3 Å². The Morgan fingerprint density at radius 3 is 2.70 bits per heavy atom. The van der Waals surface area contributed by atoms with E-state index in [1.165, 1.54) is 23.3 Å². The summed E-state index contributed by atoms with van der Waals surface area (Å²) in [6.45, 7) is 1.72. The fourth-order valence-corrected chi connectivity index (χ4v) is 3.20. The van der Waals surface area contributed by atoms with Gasteiger partial charge in [0.15, 0.2) is 0 Å². The number of nitrogens with one attached hydrogen (secondary N) is 1. The molecule has 23 heavy (non-hydrogen) atoms. The van der Waals surface area contributed by atoms with Crippen molar-refractivity contribution in [3.63, 3.8) is 0 Å². The van der Waals surface area contributed by atoms with Gasteiger partial charge < -0.3 is 5.32 Å². The summed E-state index contributed by atoms with van der Waals surface area (Å²) in [6, 6.07) is 0.966. The van der Waals surface area contributed by atoms with E-state index in [0.29, 0.717) is 5.69 Å². The average Bonchev–Trinajstić information content (AvgIpc) is 3.10. The van der Waals surface area contributed by atoms with Gasteiger partial charge >= 0.3 is 6.18 Å². The van der Waals surface area contributed by atoms with Gasteiger partial charge in [-0.15, -0.1) is 11.3 Å². The Labute approximate surface area is 132 Å². The largest absolute Gasteiger partial charge is 0.417 e. The number of carbonyl (C=O) groups excluding carboxylic acids is 1. The SMILES string of the molecule is CNC(=O)c1csc2c(C(F)(F)F)cc(-n3cnc(C)c3)nc12. The number of alkyl halides is 3. The molecule has 3 rings (SSSR count). The lowest BCUT2D eigenvalue weighted by atomic mass is 10.1. The fraction of sp³-hybridized carbons (Fsp3) is 0.214. The van der Waals surface area contributed by atoms with E-state index in [1.807, 2.05) is 0 Å². The highest BCUT2D eigenvalue weighted by molar-refractivity contribution is 7.17. The molecule has 9 heteroatoms. The maximum Gasteiger partial charge on any atom is 0.417 e. The number of hydrogen-bond donors (Lipinski definition) is 1. The maximum absolute atomic E-state index is 13.4. The third-order valence-electron chi connectivity index (χ3n) is 3.26. The second kappa shape index (κ2) is 5.34. The molecular formula is C14H11F3N4OS. The lowest BCUT2D eigenvalue weighted by molar-refractivity contribution is -0.136. The Morgan fingerprint density at radius 1 is 1.39 bits per heavy atom. The van der Waals surface area contributed by atoms with Crippen LogP contribution in [-0.2, 0) is 6.18 Å². The van der Waals surface area contributed by atoms with Crippen molar-refractivity contribution < 1.29 is 18.0 Å². The summed E-state index contributed by atoms with van der Waals surface area (Å²) >= 11 is 0.852. The normalized spacial score (nSPS) is 11.9. The minimum Gasteiger partial charge on any atom is -0.355 e. The van der Waals surface area contributed by atoms with Crippen LogP contribution < -0.4 is 5.32 Å². The van der Waals surface area contributed by atoms with E-state index < -0.39 is 17.6 Å². The first-order chi connectivity index (χ1) is 10.8. The smallest absolute Gasteiger partial charge is 0.355 e. The van der Waals surface area contributed by atoms with Crippen LogP contribution in [0.1, 0.15) is 21.6 Å². The Bertz CT molecular complexity index is 897. The second-order valence-corrected chi connectivity index (χ2v) is 5.73. The molecule has 0 saturated heterocycles. The van der Waals surface area contributed by atoms with Crippen molar-refractivity contribution in [2.45, 2.75) is 13.1 Å². The van der Waals surface area contributed by atoms with Crippen molar-refractivity contribution in [3.8, 4) is 5.82 Å². The topological polar surface area (TPSA) is 59.8 Å². The van der Waals surface area contributed by atoms with Crippen LogP contribution in [0.3, 0.4) is 0 Å². The number of aryl methyl sites for hydroxylation is 1. The van der Waals surface area contributed by atoms with Crippen LogP contribution in [-0.4, -0.2) is 27.5 Å².